The first-order valence-corrected chi connectivity index (χ1v) is 14.0. The molecule has 0 saturated carbocycles. The van der Waals surface area contributed by atoms with Crippen molar-refractivity contribution in [3.63, 3.8) is 0 Å². The summed E-state index contributed by atoms with van der Waals surface area (Å²) in [5, 5.41) is 4.83. The summed E-state index contributed by atoms with van der Waals surface area (Å²) in [6, 6.07) is 16.7. The van der Waals surface area contributed by atoms with E-state index < -0.39 is 9.84 Å². The molecule has 194 valence electrons. The SMILES string of the molecule is Cc1ccc2c(n1)N(c1ccc3cnc(CNC(=O)c4ccc5c(c4)S(=O)(=O)CCOC5)cc3c1)CCO2. The van der Waals surface area contributed by atoms with Gasteiger partial charge in [0.1, 0.15) is 6.61 Å². The van der Waals surface area contributed by atoms with Crippen LogP contribution in [0.15, 0.2) is 65.7 Å². The number of anilines is 2. The number of hydrogen-bond donors (Lipinski definition) is 1. The van der Waals surface area contributed by atoms with E-state index in [1.165, 1.54) is 6.07 Å². The van der Waals surface area contributed by atoms with Crippen LogP contribution in [-0.4, -0.2) is 49.8 Å². The predicted molar refractivity (Wildman–Crippen MR) is 143 cm³/mol. The molecule has 6 rings (SSSR count). The number of sulfone groups is 1. The maximum absolute atomic E-state index is 12.9. The molecular formula is C28H26N4O5S. The van der Waals surface area contributed by atoms with Crippen LogP contribution in [0.1, 0.15) is 27.3 Å². The zero-order valence-corrected chi connectivity index (χ0v) is 21.6. The Bertz CT molecular complexity index is 1670. The Morgan fingerprint density at radius 1 is 1.05 bits per heavy atom. The molecule has 0 atom stereocenters. The third-order valence-electron chi connectivity index (χ3n) is 6.73. The monoisotopic (exact) mass is 530 g/mol. The van der Waals surface area contributed by atoms with Gasteiger partial charge in [-0.05, 0) is 60.3 Å². The molecule has 38 heavy (non-hydrogen) atoms. The number of carbonyl (C=O) groups excluding carboxylic acids is 1. The number of carbonyl (C=O) groups is 1. The van der Waals surface area contributed by atoms with E-state index in [4.69, 9.17) is 9.47 Å². The third kappa shape index (κ3) is 4.68. The van der Waals surface area contributed by atoms with Crippen molar-refractivity contribution < 1.29 is 22.7 Å². The summed E-state index contributed by atoms with van der Waals surface area (Å²) in [6.45, 7) is 3.77. The second-order valence-electron chi connectivity index (χ2n) is 9.36. The average Bonchev–Trinajstić information content (AvgIpc) is 3.08. The van der Waals surface area contributed by atoms with Gasteiger partial charge in [-0.3, -0.25) is 9.78 Å². The second-order valence-corrected chi connectivity index (χ2v) is 11.4. The molecule has 4 aromatic rings. The van der Waals surface area contributed by atoms with Gasteiger partial charge in [0.15, 0.2) is 21.4 Å². The molecule has 10 heteroatoms. The van der Waals surface area contributed by atoms with Crippen LogP contribution < -0.4 is 15.0 Å². The molecule has 2 aromatic heterocycles. The van der Waals surface area contributed by atoms with Crippen LogP contribution in [0, 0.1) is 6.92 Å². The van der Waals surface area contributed by atoms with Gasteiger partial charge < -0.3 is 19.7 Å². The summed E-state index contributed by atoms with van der Waals surface area (Å²) in [6.07, 6.45) is 1.78. The van der Waals surface area contributed by atoms with Crippen LogP contribution in [0.5, 0.6) is 5.75 Å². The van der Waals surface area contributed by atoms with Crippen molar-refractivity contribution in [3.8, 4) is 5.75 Å². The summed E-state index contributed by atoms with van der Waals surface area (Å²) in [7, 11) is -3.49. The summed E-state index contributed by atoms with van der Waals surface area (Å²) < 4.78 is 36.3. The van der Waals surface area contributed by atoms with Gasteiger partial charge in [-0.1, -0.05) is 12.1 Å². The molecule has 1 amide bonds. The zero-order valence-electron chi connectivity index (χ0n) is 20.8. The van der Waals surface area contributed by atoms with Gasteiger partial charge in [-0.25, -0.2) is 13.4 Å². The number of hydrogen-bond acceptors (Lipinski definition) is 8. The number of fused-ring (bicyclic) bond motifs is 3. The van der Waals surface area contributed by atoms with Crippen molar-refractivity contribution in [2.75, 3.05) is 30.4 Å². The number of aromatic nitrogens is 2. The molecule has 2 aliphatic heterocycles. The molecular weight excluding hydrogens is 504 g/mol. The van der Waals surface area contributed by atoms with Gasteiger partial charge in [0.2, 0.25) is 0 Å². The van der Waals surface area contributed by atoms with Crippen LogP contribution >= 0.6 is 0 Å². The first-order chi connectivity index (χ1) is 18.4. The molecule has 0 fully saturated rings. The molecule has 0 bridgehead atoms. The van der Waals surface area contributed by atoms with Crippen molar-refractivity contribution in [2.24, 2.45) is 0 Å². The minimum Gasteiger partial charge on any atom is -0.488 e. The Morgan fingerprint density at radius 3 is 2.84 bits per heavy atom. The maximum atomic E-state index is 12.9. The minimum absolute atomic E-state index is 0.0974. The zero-order chi connectivity index (χ0) is 26.3. The molecule has 0 radical (unpaired) electrons. The summed E-state index contributed by atoms with van der Waals surface area (Å²) in [4.78, 5) is 24.4. The molecule has 1 N–H and O–H groups in total. The second kappa shape index (κ2) is 9.70. The molecule has 0 unspecified atom stereocenters. The first kappa shape index (κ1) is 24.3. The number of amides is 1. The Labute approximate surface area is 220 Å². The summed E-state index contributed by atoms with van der Waals surface area (Å²) in [5.74, 6) is 1.10. The lowest BCUT2D eigenvalue weighted by Crippen LogP contribution is -2.29. The lowest BCUT2D eigenvalue weighted by Gasteiger charge is -2.30. The van der Waals surface area contributed by atoms with E-state index in [1.54, 1.807) is 18.3 Å². The molecule has 0 spiro atoms. The molecule has 4 heterocycles. The van der Waals surface area contributed by atoms with E-state index >= 15 is 0 Å². The van der Waals surface area contributed by atoms with Crippen LogP contribution in [0.2, 0.25) is 0 Å². The summed E-state index contributed by atoms with van der Waals surface area (Å²) in [5.41, 5.74) is 3.46. The van der Waals surface area contributed by atoms with Gasteiger partial charge >= 0.3 is 0 Å². The van der Waals surface area contributed by atoms with E-state index in [0.717, 1.165) is 33.7 Å². The fourth-order valence-corrected chi connectivity index (χ4v) is 6.11. The highest BCUT2D eigenvalue weighted by molar-refractivity contribution is 7.91. The largest absolute Gasteiger partial charge is 0.488 e. The number of rotatable bonds is 4. The maximum Gasteiger partial charge on any atom is 0.251 e. The fourth-order valence-electron chi connectivity index (χ4n) is 4.72. The van der Waals surface area contributed by atoms with Gasteiger partial charge in [-0.2, -0.15) is 0 Å². The van der Waals surface area contributed by atoms with Gasteiger partial charge in [0.25, 0.3) is 5.91 Å². The number of aryl methyl sites for hydroxylation is 1. The van der Waals surface area contributed by atoms with Gasteiger partial charge in [0.05, 0.1) is 42.6 Å². The van der Waals surface area contributed by atoms with Crippen LogP contribution in [0.25, 0.3) is 10.8 Å². The summed E-state index contributed by atoms with van der Waals surface area (Å²) >= 11 is 0. The standard InChI is InChI=1S/C28H26N4O5S/c1-18-2-7-25-27(31-18)32(8-9-37-25)24-6-5-20-15-29-23(12-22(20)13-24)16-30-28(33)19-3-4-21-17-36-10-11-38(34,35)26(21)14-19/h2-7,12-15H,8-11,16-17H2,1H3,(H,30,33). The van der Waals surface area contributed by atoms with Gasteiger partial charge in [0, 0.05) is 28.5 Å². The molecule has 9 nitrogen and oxygen atoms in total. The van der Waals surface area contributed by atoms with Crippen molar-refractivity contribution in [1.82, 2.24) is 15.3 Å². The topological polar surface area (TPSA) is 111 Å². The third-order valence-corrected chi connectivity index (χ3v) is 8.48. The number of ether oxygens (including phenoxy) is 2. The van der Waals surface area contributed by atoms with E-state index in [9.17, 15) is 13.2 Å². The number of pyridine rings is 2. The highest BCUT2D eigenvalue weighted by Gasteiger charge is 2.24. The Balaban J connectivity index is 1.22. The van der Waals surface area contributed by atoms with Crippen molar-refractivity contribution >= 4 is 38.0 Å². The van der Waals surface area contributed by atoms with Crippen LogP contribution in [-0.2, 0) is 27.7 Å². The number of nitrogens with zero attached hydrogens (tertiary/aromatic N) is 3. The smallest absolute Gasteiger partial charge is 0.251 e. The Morgan fingerprint density at radius 2 is 1.95 bits per heavy atom. The lowest BCUT2D eigenvalue weighted by molar-refractivity contribution is 0.0950. The highest BCUT2D eigenvalue weighted by Crippen LogP contribution is 2.36. The van der Waals surface area contributed by atoms with E-state index in [2.05, 4.69) is 26.3 Å². The van der Waals surface area contributed by atoms with Crippen molar-refractivity contribution in [3.05, 3.63) is 83.3 Å². The normalized spacial score (nSPS) is 16.2. The lowest BCUT2D eigenvalue weighted by atomic mass is 10.1. The average molecular weight is 531 g/mol. The molecule has 2 aromatic carbocycles. The van der Waals surface area contributed by atoms with E-state index in [0.29, 0.717) is 24.4 Å². The van der Waals surface area contributed by atoms with Crippen molar-refractivity contribution in [1.29, 1.82) is 0 Å². The first-order valence-electron chi connectivity index (χ1n) is 12.4. The number of benzene rings is 2. The molecule has 0 saturated heterocycles. The molecule has 0 aliphatic carbocycles. The number of nitrogens with one attached hydrogen (secondary N) is 1. The predicted octanol–water partition coefficient (Wildman–Crippen LogP) is 3.70. The van der Waals surface area contributed by atoms with Crippen LogP contribution in [0.4, 0.5) is 11.5 Å². The fraction of sp³-hybridized carbons (Fsp3) is 0.250. The van der Waals surface area contributed by atoms with Gasteiger partial charge in [-0.15, -0.1) is 0 Å². The Kier molecular flexibility index (Phi) is 6.21. The van der Waals surface area contributed by atoms with E-state index in [1.807, 2.05) is 37.3 Å². The quantitative estimate of drug-likeness (QED) is 0.425. The van der Waals surface area contributed by atoms with Crippen molar-refractivity contribution in [2.45, 2.75) is 25.0 Å². The highest BCUT2D eigenvalue weighted by atomic mass is 32.2. The van der Waals surface area contributed by atoms with E-state index in [-0.39, 0.29) is 41.9 Å². The molecule has 2 aliphatic rings. The Hall–Kier alpha value is -4.02. The minimum atomic E-state index is -3.49. The van der Waals surface area contributed by atoms with Crippen LogP contribution in [0.3, 0.4) is 0 Å².